The zero-order valence-electron chi connectivity index (χ0n) is 10.8. The van der Waals surface area contributed by atoms with Crippen LogP contribution in [0.1, 0.15) is 16.1 Å². The number of nitrogens with one attached hydrogen (secondary N) is 1. The van der Waals surface area contributed by atoms with Gasteiger partial charge in [0.1, 0.15) is 5.58 Å². The van der Waals surface area contributed by atoms with Gasteiger partial charge in [-0.3, -0.25) is 4.79 Å². The minimum atomic E-state index is -0.437. The third-order valence-electron chi connectivity index (χ3n) is 3.07. The standard InChI is InChI=1S/C15H12N2O3/c1-9-10-5-2-3-7-12(10)20-13(9)15(19)17-14-11(18)6-4-8-16-14/h2-8,18H,1H3,(H,16,17,19). The van der Waals surface area contributed by atoms with Crippen LogP contribution in [-0.2, 0) is 0 Å². The summed E-state index contributed by atoms with van der Waals surface area (Å²) in [6.45, 7) is 1.82. The van der Waals surface area contributed by atoms with Gasteiger partial charge in [0.2, 0.25) is 0 Å². The fourth-order valence-electron chi connectivity index (χ4n) is 2.05. The highest BCUT2D eigenvalue weighted by atomic mass is 16.3. The summed E-state index contributed by atoms with van der Waals surface area (Å²) in [5, 5.41) is 13.0. The van der Waals surface area contributed by atoms with Crippen LogP contribution in [0.25, 0.3) is 11.0 Å². The largest absolute Gasteiger partial charge is 0.504 e. The molecule has 0 aliphatic carbocycles. The summed E-state index contributed by atoms with van der Waals surface area (Å²) in [6.07, 6.45) is 1.49. The van der Waals surface area contributed by atoms with Crippen molar-refractivity contribution in [3.63, 3.8) is 0 Å². The molecule has 0 saturated heterocycles. The summed E-state index contributed by atoms with van der Waals surface area (Å²) in [7, 11) is 0. The number of benzene rings is 1. The lowest BCUT2D eigenvalue weighted by atomic mass is 10.1. The third kappa shape index (κ3) is 1.99. The van der Waals surface area contributed by atoms with Crippen molar-refractivity contribution < 1.29 is 14.3 Å². The number of fused-ring (bicyclic) bond motifs is 1. The molecule has 0 bridgehead atoms. The Labute approximate surface area is 114 Å². The summed E-state index contributed by atoms with van der Waals surface area (Å²) >= 11 is 0. The van der Waals surface area contributed by atoms with Crippen LogP contribution in [0.15, 0.2) is 47.0 Å². The van der Waals surface area contributed by atoms with Crippen molar-refractivity contribution in [1.29, 1.82) is 0 Å². The molecule has 2 heterocycles. The van der Waals surface area contributed by atoms with Crippen LogP contribution in [0.2, 0.25) is 0 Å². The Morgan fingerprint density at radius 3 is 2.80 bits per heavy atom. The van der Waals surface area contributed by atoms with Crippen molar-refractivity contribution in [3.8, 4) is 5.75 Å². The molecule has 2 aromatic heterocycles. The van der Waals surface area contributed by atoms with Crippen LogP contribution in [0, 0.1) is 6.92 Å². The molecule has 0 radical (unpaired) electrons. The van der Waals surface area contributed by atoms with Crippen molar-refractivity contribution in [3.05, 3.63) is 53.9 Å². The molecule has 20 heavy (non-hydrogen) atoms. The maximum atomic E-state index is 12.2. The van der Waals surface area contributed by atoms with E-state index in [4.69, 9.17) is 4.42 Å². The predicted octanol–water partition coefficient (Wildman–Crippen LogP) is 3.09. The zero-order valence-corrected chi connectivity index (χ0v) is 10.8. The van der Waals surface area contributed by atoms with Gasteiger partial charge in [-0.2, -0.15) is 0 Å². The molecule has 0 unspecified atom stereocenters. The average Bonchev–Trinajstić information content (AvgIpc) is 2.79. The number of aryl methyl sites for hydroxylation is 1. The van der Waals surface area contributed by atoms with Crippen molar-refractivity contribution in [2.24, 2.45) is 0 Å². The van der Waals surface area contributed by atoms with E-state index in [9.17, 15) is 9.90 Å². The molecule has 0 aliphatic rings. The Balaban J connectivity index is 1.97. The van der Waals surface area contributed by atoms with Gasteiger partial charge < -0.3 is 14.8 Å². The van der Waals surface area contributed by atoms with Gasteiger partial charge in [-0.05, 0) is 25.1 Å². The highest BCUT2D eigenvalue weighted by Gasteiger charge is 2.18. The molecular formula is C15H12N2O3. The van der Waals surface area contributed by atoms with Crippen molar-refractivity contribution in [2.45, 2.75) is 6.92 Å². The van der Waals surface area contributed by atoms with Gasteiger partial charge in [-0.1, -0.05) is 18.2 Å². The maximum Gasteiger partial charge on any atom is 0.292 e. The minimum Gasteiger partial charge on any atom is -0.504 e. The van der Waals surface area contributed by atoms with Crippen LogP contribution in [0.3, 0.4) is 0 Å². The summed E-state index contributed by atoms with van der Waals surface area (Å²) in [5.74, 6) is -0.198. The lowest BCUT2D eigenvalue weighted by molar-refractivity contribution is 0.0997. The van der Waals surface area contributed by atoms with Gasteiger partial charge >= 0.3 is 0 Å². The molecule has 0 spiro atoms. The van der Waals surface area contributed by atoms with E-state index in [2.05, 4.69) is 10.3 Å². The first-order valence-electron chi connectivity index (χ1n) is 6.10. The molecular weight excluding hydrogens is 256 g/mol. The number of nitrogens with zero attached hydrogens (tertiary/aromatic N) is 1. The fourth-order valence-corrected chi connectivity index (χ4v) is 2.05. The van der Waals surface area contributed by atoms with Crippen LogP contribution >= 0.6 is 0 Å². The first kappa shape index (κ1) is 12.2. The second-order valence-corrected chi connectivity index (χ2v) is 4.38. The Morgan fingerprint density at radius 1 is 1.25 bits per heavy atom. The zero-order chi connectivity index (χ0) is 14.1. The number of hydrogen-bond acceptors (Lipinski definition) is 4. The number of carbonyl (C=O) groups excluding carboxylic acids is 1. The van der Waals surface area contributed by atoms with E-state index in [1.165, 1.54) is 12.3 Å². The highest BCUT2D eigenvalue weighted by molar-refractivity contribution is 6.06. The molecule has 5 heteroatoms. The first-order valence-corrected chi connectivity index (χ1v) is 6.10. The summed E-state index contributed by atoms with van der Waals surface area (Å²) in [5.41, 5.74) is 1.41. The fraction of sp³-hybridized carbons (Fsp3) is 0.0667. The third-order valence-corrected chi connectivity index (χ3v) is 3.07. The second kappa shape index (κ2) is 4.70. The first-order chi connectivity index (χ1) is 9.66. The number of anilines is 1. The number of aromatic hydroxyl groups is 1. The van der Waals surface area contributed by atoms with E-state index in [1.54, 1.807) is 12.1 Å². The molecule has 5 nitrogen and oxygen atoms in total. The van der Waals surface area contributed by atoms with E-state index in [-0.39, 0.29) is 17.3 Å². The number of carbonyl (C=O) groups is 1. The van der Waals surface area contributed by atoms with Gasteiger partial charge in [0.05, 0.1) is 0 Å². The predicted molar refractivity (Wildman–Crippen MR) is 74.8 cm³/mol. The number of amides is 1. The molecule has 1 aromatic carbocycles. The average molecular weight is 268 g/mol. The van der Waals surface area contributed by atoms with Gasteiger partial charge in [0.25, 0.3) is 5.91 Å². The molecule has 0 atom stereocenters. The molecule has 2 N–H and O–H groups in total. The monoisotopic (exact) mass is 268 g/mol. The Bertz CT molecular complexity index is 793. The van der Waals surface area contributed by atoms with E-state index in [0.29, 0.717) is 5.58 Å². The number of furan rings is 1. The molecule has 100 valence electrons. The minimum absolute atomic E-state index is 0.0883. The lowest BCUT2D eigenvalue weighted by Gasteiger charge is -2.04. The topological polar surface area (TPSA) is 75.4 Å². The summed E-state index contributed by atoms with van der Waals surface area (Å²) in [6, 6.07) is 10.5. The van der Waals surface area contributed by atoms with Crippen LogP contribution in [0.4, 0.5) is 5.82 Å². The van der Waals surface area contributed by atoms with Gasteiger partial charge in [-0.15, -0.1) is 0 Å². The number of hydrogen-bond donors (Lipinski definition) is 2. The number of aromatic nitrogens is 1. The summed E-state index contributed by atoms with van der Waals surface area (Å²) in [4.78, 5) is 16.1. The SMILES string of the molecule is Cc1c(C(=O)Nc2ncccc2O)oc2ccccc12. The van der Waals surface area contributed by atoms with Crippen molar-refractivity contribution in [2.75, 3.05) is 5.32 Å². The normalized spacial score (nSPS) is 10.7. The van der Waals surface area contributed by atoms with Crippen molar-refractivity contribution >= 4 is 22.7 Å². The molecule has 0 fully saturated rings. The Kier molecular flexibility index (Phi) is 2.87. The van der Waals surface area contributed by atoms with Gasteiger partial charge in [-0.25, -0.2) is 4.98 Å². The quantitative estimate of drug-likeness (QED) is 0.748. The Hall–Kier alpha value is -2.82. The smallest absolute Gasteiger partial charge is 0.292 e. The van der Waals surface area contributed by atoms with Crippen molar-refractivity contribution in [1.82, 2.24) is 4.98 Å². The molecule has 1 amide bonds. The van der Waals surface area contributed by atoms with Gasteiger partial charge in [0.15, 0.2) is 17.3 Å². The maximum absolute atomic E-state index is 12.2. The highest BCUT2D eigenvalue weighted by Crippen LogP contribution is 2.26. The van der Waals surface area contributed by atoms with Crippen LogP contribution in [0.5, 0.6) is 5.75 Å². The van der Waals surface area contributed by atoms with E-state index >= 15 is 0 Å². The van der Waals surface area contributed by atoms with E-state index < -0.39 is 5.91 Å². The molecule has 0 aliphatic heterocycles. The summed E-state index contributed by atoms with van der Waals surface area (Å²) < 4.78 is 5.55. The molecule has 3 aromatic rings. The van der Waals surface area contributed by atoms with Gasteiger partial charge in [0, 0.05) is 17.1 Å². The number of rotatable bonds is 2. The molecule has 3 rings (SSSR count). The van der Waals surface area contributed by atoms with E-state index in [1.807, 2.05) is 25.1 Å². The molecule has 0 saturated carbocycles. The Morgan fingerprint density at radius 2 is 2.05 bits per heavy atom. The van der Waals surface area contributed by atoms with Crippen LogP contribution in [-0.4, -0.2) is 16.0 Å². The number of pyridine rings is 1. The lowest BCUT2D eigenvalue weighted by Crippen LogP contribution is -2.13. The van der Waals surface area contributed by atoms with Crippen LogP contribution < -0.4 is 5.32 Å². The number of para-hydroxylation sites is 1. The second-order valence-electron chi connectivity index (χ2n) is 4.38. The van der Waals surface area contributed by atoms with E-state index in [0.717, 1.165) is 10.9 Å².